The Labute approximate surface area is 155 Å². The summed E-state index contributed by atoms with van der Waals surface area (Å²) in [7, 11) is 0. The average Bonchev–Trinajstić information content (AvgIpc) is 2.68. The van der Waals surface area contributed by atoms with E-state index in [2.05, 4.69) is 21.9 Å². The van der Waals surface area contributed by atoms with E-state index in [0.29, 0.717) is 11.4 Å². The van der Waals surface area contributed by atoms with Gasteiger partial charge in [-0.25, -0.2) is 14.6 Å². The van der Waals surface area contributed by atoms with Crippen LogP contribution in [-0.4, -0.2) is 37.1 Å². The maximum Gasteiger partial charge on any atom is 0.335 e. The molecule has 0 bridgehead atoms. The van der Waals surface area contributed by atoms with Gasteiger partial charge in [0.05, 0.1) is 33.9 Å². The predicted molar refractivity (Wildman–Crippen MR) is 98.6 cm³/mol. The van der Waals surface area contributed by atoms with Gasteiger partial charge in [-0.3, -0.25) is 9.97 Å². The Bertz CT molecular complexity index is 1020. The molecule has 136 valence electrons. The molecule has 0 aliphatic rings. The molecule has 3 aromatic heterocycles. The van der Waals surface area contributed by atoms with E-state index in [4.69, 9.17) is 5.11 Å². The minimum Gasteiger partial charge on any atom is -0.478 e. The first-order valence-electron chi connectivity index (χ1n) is 8.38. The van der Waals surface area contributed by atoms with Gasteiger partial charge in [0.25, 0.3) is 0 Å². The number of nitrogens with zero attached hydrogens (tertiary/aromatic N) is 3. The van der Waals surface area contributed by atoms with E-state index in [1.807, 2.05) is 12.1 Å². The highest BCUT2D eigenvalue weighted by Crippen LogP contribution is 2.24. The van der Waals surface area contributed by atoms with Crippen molar-refractivity contribution < 1.29 is 19.8 Å². The topological polar surface area (TPSA) is 113 Å². The number of hydrogen-bond acceptors (Lipinski definition) is 5. The molecule has 0 aromatic carbocycles. The van der Waals surface area contributed by atoms with Crippen LogP contribution in [0, 0.1) is 0 Å². The zero-order valence-electron chi connectivity index (χ0n) is 14.6. The lowest BCUT2D eigenvalue weighted by Crippen LogP contribution is -2.02. The van der Waals surface area contributed by atoms with Crippen LogP contribution in [0.15, 0.2) is 48.8 Å². The van der Waals surface area contributed by atoms with Gasteiger partial charge in [-0.2, -0.15) is 0 Å². The molecule has 7 nitrogen and oxygen atoms in total. The number of carboxylic acids is 2. The maximum atomic E-state index is 11.5. The first-order chi connectivity index (χ1) is 13.0. The summed E-state index contributed by atoms with van der Waals surface area (Å²) in [6.07, 6.45) is 4.87. The summed E-state index contributed by atoms with van der Waals surface area (Å²) in [5.74, 6) is -2.21. The summed E-state index contributed by atoms with van der Waals surface area (Å²) in [5.41, 5.74) is 2.66. The zero-order chi connectivity index (χ0) is 19.4. The highest BCUT2D eigenvalue weighted by molar-refractivity contribution is 5.91. The van der Waals surface area contributed by atoms with Gasteiger partial charge < -0.3 is 10.2 Å². The highest BCUT2D eigenvalue weighted by atomic mass is 16.4. The van der Waals surface area contributed by atoms with Gasteiger partial charge in [-0.1, -0.05) is 13.3 Å². The molecular formula is C20H17N3O4. The molecule has 0 unspecified atom stereocenters. The smallest absolute Gasteiger partial charge is 0.335 e. The van der Waals surface area contributed by atoms with Crippen molar-refractivity contribution in [2.24, 2.45) is 0 Å². The Balaban J connectivity index is 2.14. The molecule has 2 N–H and O–H groups in total. The summed E-state index contributed by atoms with van der Waals surface area (Å²) in [4.78, 5) is 35.7. The van der Waals surface area contributed by atoms with Crippen molar-refractivity contribution in [3.8, 4) is 22.8 Å². The molecule has 27 heavy (non-hydrogen) atoms. The predicted octanol–water partition coefficient (Wildman–Crippen LogP) is 3.55. The second-order valence-electron chi connectivity index (χ2n) is 5.97. The fourth-order valence-corrected chi connectivity index (χ4v) is 2.68. The zero-order valence-corrected chi connectivity index (χ0v) is 14.6. The fraction of sp³-hybridized carbons (Fsp3) is 0.150. The van der Waals surface area contributed by atoms with E-state index in [1.165, 1.54) is 30.5 Å². The van der Waals surface area contributed by atoms with Crippen LogP contribution in [0.25, 0.3) is 22.8 Å². The molecule has 0 saturated heterocycles. The Morgan fingerprint density at radius 2 is 1.37 bits per heavy atom. The van der Waals surface area contributed by atoms with Gasteiger partial charge >= 0.3 is 11.9 Å². The molecular weight excluding hydrogens is 346 g/mol. The van der Waals surface area contributed by atoms with E-state index >= 15 is 0 Å². The van der Waals surface area contributed by atoms with E-state index in [1.54, 1.807) is 6.20 Å². The van der Waals surface area contributed by atoms with Crippen LogP contribution in [0.4, 0.5) is 0 Å². The van der Waals surface area contributed by atoms with E-state index in [9.17, 15) is 14.7 Å². The normalized spacial score (nSPS) is 10.6. The summed E-state index contributed by atoms with van der Waals surface area (Å²) in [5, 5.41) is 18.6. The van der Waals surface area contributed by atoms with E-state index in [-0.39, 0.29) is 22.5 Å². The van der Waals surface area contributed by atoms with Gasteiger partial charge in [-0.15, -0.1) is 0 Å². The molecule has 0 radical (unpaired) electrons. The first-order valence-corrected chi connectivity index (χ1v) is 8.38. The van der Waals surface area contributed by atoms with E-state index in [0.717, 1.165) is 18.4 Å². The Morgan fingerprint density at radius 1 is 0.815 bits per heavy atom. The van der Waals surface area contributed by atoms with Crippen LogP contribution in [0.5, 0.6) is 0 Å². The minimum absolute atomic E-state index is 0.0280. The fourth-order valence-electron chi connectivity index (χ4n) is 2.68. The number of aryl methyl sites for hydroxylation is 1. The van der Waals surface area contributed by atoms with Crippen molar-refractivity contribution in [3.63, 3.8) is 0 Å². The van der Waals surface area contributed by atoms with Crippen molar-refractivity contribution in [2.75, 3.05) is 0 Å². The summed E-state index contributed by atoms with van der Waals surface area (Å²) >= 11 is 0. The quantitative estimate of drug-likeness (QED) is 0.688. The number of carbonyl (C=O) groups is 2. The lowest BCUT2D eigenvalue weighted by molar-refractivity contribution is 0.0686. The van der Waals surface area contributed by atoms with Gasteiger partial charge in [0.15, 0.2) is 0 Å². The molecule has 0 aliphatic carbocycles. The second-order valence-corrected chi connectivity index (χ2v) is 5.97. The Morgan fingerprint density at radius 3 is 1.96 bits per heavy atom. The molecule has 3 rings (SSSR count). The molecule has 3 aromatic rings. The molecule has 0 amide bonds. The third-order valence-electron chi connectivity index (χ3n) is 3.97. The molecule has 0 spiro atoms. The van der Waals surface area contributed by atoms with Gasteiger partial charge in [0, 0.05) is 12.4 Å². The largest absolute Gasteiger partial charge is 0.478 e. The monoisotopic (exact) mass is 363 g/mol. The van der Waals surface area contributed by atoms with Crippen molar-refractivity contribution in [2.45, 2.75) is 19.8 Å². The average molecular weight is 363 g/mol. The number of rotatable bonds is 6. The number of pyridine rings is 3. The van der Waals surface area contributed by atoms with Gasteiger partial charge in [0.1, 0.15) is 0 Å². The summed E-state index contributed by atoms with van der Waals surface area (Å²) in [6, 6.07) is 9.33. The van der Waals surface area contributed by atoms with Crippen LogP contribution in [0.3, 0.4) is 0 Å². The molecule has 0 atom stereocenters. The number of aromatic carboxylic acids is 2. The van der Waals surface area contributed by atoms with Crippen LogP contribution < -0.4 is 0 Å². The van der Waals surface area contributed by atoms with Crippen molar-refractivity contribution in [3.05, 3.63) is 65.5 Å². The molecule has 0 fully saturated rings. The second kappa shape index (κ2) is 7.74. The van der Waals surface area contributed by atoms with Crippen molar-refractivity contribution >= 4 is 11.9 Å². The number of carboxylic acid groups (broad SMARTS) is 2. The molecule has 0 saturated carbocycles. The van der Waals surface area contributed by atoms with E-state index < -0.39 is 11.9 Å². The van der Waals surface area contributed by atoms with Gasteiger partial charge in [0.2, 0.25) is 0 Å². The standard InChI is InChI=1S/C20H17N3O4/c1-2-3-12-4-6-21-15(8-12)17-10-14(20(26)27)11-18(23-17)16-9-13(19(24)25)5-7-22-16/h4-11H,2-3H2,1H3,(H,24,25)(H,26,27). The van der Waals surface area contributed by atoms with Gasteiger partial charge in [-0.05, 0) is 48.4 Å². The number of hydrogen-bond donors (Lipinski definition) is 2. The molecule has 3 heterocycles. The lowest BCUT2D eigenvalue weighted by Gasteiger charge is -2.08. The van der Waals surface area contributed by atoms with Crippen LogP contribution >= 0.6 is 0 Å². The van der Waals surface area contributed by atoms with Crippen molar-refractivity contribution in [1.82, 2.24) is 15.0 Å². The van der Waals surface area contributed by atoms with Crippen LogP contribution in [-0.2, 0) is 6.42 Å². The Hall–Kier alpha value is -3.61. The van der Waals surface area contributed by atoms with Crippen LogP contribution in [0.2, 0.25) is 0 Å². The maximum absolute atomic E-state index is 11.5. The summed E-state index contributed by atoms with van der Waals surface area (Å²) in [6.45, 7) is 2.07. The molecule has 0 aliphatic heterocycles. The Kier molecular flexibility index (Phi) is 5.21. The lowest BCUT2D eigenvalue weighted by atomic mass is 10.1. The highest BCUT2D eigenvalue weighted by Gasteiger charge is 2.14. The SMILES string of the molecule is CCCc1ccnc(-c2cc(C(=O)O)cc(-c3cc(C(=O)O)ccn3)n2)c1. The number of aromatic nitrogens is 3. The minimum atomic E-state index is -1.11. The van der Waals surface area contributed by atoms with Crippen LogP contribution in [0.1, 0.15) is 39.6 Å². The third kappa shape index (κ3) is 4.14. The third-order valence-corrected chi connectivity index (χ3v) is 3.97. The van der Waals surface area contributed by atoms with Crippen molar-refractivity contribution in [1.29, 1.82) is 0 Å². The summed E-state index contributed by atoms with van der Waals surface area (Å²) < 4.78 is 0. The first kappa shape index (κ1) is 18.2. The molecule has 7 heteroatoms.